The average Bonchev–Trinajstić information content (AvgIpc) is 2.29. The van der Waals surface area contributed by atoms with Crippen molar-refractivity contribution >= 4 is 12.0 Å². The third kappa shape index (κ3) is 3.27. The molecule has 2 N–H and O–H groups in total. The molecule has 5 nitrogen and oxygen atoms in total. The molecular weight excluding hydrogens is 208 g/mol. The molecule has 16 heavy (non-hydrogen) atoms. The zero-order valence-corrected chi connectivity index (χ0v) is 9.27. The number of carbonyl (C=O) groups excluding carboxylic acids is 1. The normalized spacial score (nSPS) is 10.4. The molecule has 0 spiro atoms. The molecule has 1 rings (SSSR count). The van der Waals surface area contributed by atoms with Gasteiger partial charge in [0.15, 0.2) is 0 Å². The Morgan fingerprint density at radius 3 is 2.75 bits per heavy atom. The van der Waals surface area contributed by atoms with Gasteiger partial charge in [0.2, 0.25) is 17.7 Å². The summed E-state index contributed by atoms with van der Waals surface area (Å²) in [6.45, 7) is 0. The van der Waals surface area contributed by atoms with Crippen LogP contribution in [-0.4, -0.2) is 25.1 Å². The van der Waals surface area contributed by atoms with E-state index in [0.29, 0.717) is 11.8 Å². The first-order chi connectivity index (χ1) is 7.67. The topological polar surface area (TPSA) is 74.4 Å². The summed E-state index contributed by atoms with van der Waals surface area (Å²) in [5.74, 6) is 0.542. The van der Waals surface area contributed by atoms with E-state index in [-0.39, 0.29) is 12.3 Å². The number of ether oxygens (including phenoxy) is 2. The molecule has 0 fully saturated rings. The third-order valence-electron chi connectivity index (χ3n) is 1.88. The van der Waals surface area contributed by atoms with E-state index in [1.54, 1.807) is 24.3 Å². The monoisotopic (exact) mass is 222 g/mol. The van der Waals surface area contributed by atoms with Crippen molar-refractivity contribution in [1.82, 2.24) is 4.98 Å². The predicted octanol–water partition coefficient (Wildman–Crippen LogP) is 0.987. The van der Waals surface area contributed by atoms with E-state index in [0.717, 1.165) is 5.56 Å². The van der Waals surface area contributed by atoms with E-state index in [9.17, 15) is 4.79 Å². The van der Waals surface area contributed by atoms with Crippen molar-refractivity contribution in [2.75, 3.05) is 14.2 Å². The van der Waals surface area contributed by atoms with Gasteiger partial charge in [-0.2, -0.15) is 4.98 Å². The number of methoxy groups -OCH3 is 2. The molecule has 1 aromatic rings. The Kier molecular flexibility index (Phi) is 4.32. The van der Waals surface area contributed by atoms with Crippen molar-refractivity contribution < 1.29 is 14.3 Å². The Bertz CT molecular complexity index is 402. The standard InChI is InChI=1S/C11H14N2O3/c1-15-10-7-6-8(11(13-10)16-2)4-3-5-9(12)14/h3-4,6-7H,5H2,1-2H3,(H2,12,14). The number of pyridine rings is 1. The molecule has 0 aliphatic heterocycles. The lowest BCUT2D eigenvalue weighted by Gasteiger charge is -2.05. The molecule has 1 heterocycles. The number of hydrogen-bond donors (Lipinski definition) is 1. The summed E-state index contributed by atoms with van der Waals surface area (Å²) in [6.07, 6.45) is 3.58. The van der Waals surface area contributed by atoms with Crippen molar-refractivity contribution in [2.45, 2.75) is 6.42 Å². The van der Waals surface area contributed by atoms with Crippen molar-refractivity contribution in [3.63, 3.8) is 0 Å². The quantitative estimate of drug-likeness (QED) is 0.806. The van der Waals surface area contributed by atoms with Crippen LogP contribution in [0.3, 0.4) is 0 Å². The second-order valence-corrected chi connectivity index (χ2v) is 3.02. The first-order valence-corrected chi connectivity index (χ1v) is 4.71. The number of nitrogens with two attached hydrogens (primary N) is 1. The minimum Gasteiger partial charge on any atom is -0.481 e. The maximum Gasteiger partial charge on any atom is 0.223 e. The average molecular weight is 222 g/mol. The fraction of sp³-hybridized carbons (Fsp3) is 0.273. The van der Waals surface area contributed by atoms with Gasteiger partial charge in [-0.1, -0.05) is 12.2 Å². The zero-order valence-electron chi connectivity index (χ0n) is 9.27. The van der Waals surface area contributed by atoms with Crippen LogP contribution in [0.25, 0.3) is 6.08 Å². The molecule has 0 aliphatic rings. The van der Waals surface area contributed by atoms with Gasteiger partial charge >= 0.3 is 0 Å². The van der Waals surface area contributed by atoms with Crippen LogP contribution in [0.15, 0.2) is 18.2 Å². The number of amides is 1. The van der Waals surface area contributed by atoms with E-state index in [1.807, 2.05) is 0 Å². The largest absolute Gasteiger partial charge is 0.481 e. The van der Waals surface area contributed by atoms with E-state index in [4.69, 9.17) is 15.2 Å². The molecule has 5 heteroatoms. The minimum atomic E-state index is -0.378. The van der Waals surface area contributed by atoms with Crippen LogP contribution < -0.4 is 15.2 Å². The van der Waals surface area contributed by atoms with Crippen molar-refractivity contribution in [3.8, 4) is 11.8 Å². The summed E-state index contributed by atoms with van der Waals surface area (Å²) in [5.41, 5.74) is 5.78. The van der Waals surface area contributed by atoms with E-state index in [1.165, 1.54) is 14.2 Å². The van der Waals surface area contributed by atoms with Gasteiger partial charge in [0.1, 0.15) is 0 Å². The minimum absolute atomic E-state index is 0.190. The van der Waals surface area contributed by atoms with Gasteiger partial charge in [0.25, 0.3) is 0 Å². The Morgan fingerprint density at radius 2 is 2.19 bits per heavy atom. The smallest absolute Gasteiger partial charge is 0.223 e. The highest BCUT2D eigenvalue weighted by Gasteiger charge is 2.03. The first-order valence-electron chi connectivity index (χ1n) is 4.71. The summed E-state index contributed by atoms with van der Waals surface area (Å²) in [7, 11) is 3.05. The molecule has 0 aromatic carbocycles. The predicted molar refractivity (Wildman–Crippen MR) is 60.2 cm³/mol. The van der Waals surface area contributed by atoms with Crippen LogP contribution in [-0.2, 0) is 4.79 Å². The van der Waals surface area contributed by atoms with Crippen LogP contribution in [0.1, 0.15) is 12.0 Å². The zero-order chi connectivity index (χ0) is 12.0. The molecule has 0 radical (unpaired) electrons. The highest BCUT2D eigenvalue weighted by molar-refractivity contribution is 5.76. The van der Waals surface area contributed by atoms with Gasteiger partial charge in [0.05, 0.1) is 14.2 Å². The molecule has 0 atom stereocenters. The first kappa shape index (κ1) is 12.0. The molecule has 86 valence electrons. The summed E-state index contributed by atoms with van der Waals surface area (Å²) < 4.78 is 10.1. The van der Waals surface area contributed by atoms with Gasteiger partial charge < -0.3 is 15.2 Å². The molecule has 0 bridgehead atoms. The second-order valence-electron chi connectivity index (χ2n) is 3.02. The maximum absolute atomic E-state index is 10.5. The van der Waals surface area contributed by atoms with Crippen molar-refractivity contribution in [3.05, 3.63) is 23.8 Å². The van der Waals surface area contributed by atoms with Gasteiger partial charge in [-0.15, -0.1) is 0 Å². The van der Waals surface area contributed by atoms with Gasteiger partial charge in [-0.05, 0) is 6.07 Å². The lowest BCUT2D eigenvalue weighted by Crippen LogP contribution is -2.07. The van der Waals surface area contributed by atoms with Crippen molar-refractivity contribution in [2.24, 2.45) is 5.73 Å². The van der Waals surface area contributed by atoms with Gasteiger partial charge in [-0.3, -0.25) is 4.79 Å². The van der Waals surface area contributed by atoms with Gasteiger partial charge in [-0.25, -0.2) is 0 Å². The highest BCUT2D eigenvalue weighted by Crippen LogP contribution is 2.20. The van der Waals surface area contributed by atoms with E-state index >= 15 is 0 Å². The molecule has 1 aromatic heterocycles. The summed E-state index contributed by atoms with van der Waals surface area (Å²) in [4.78, 5) is 14.6. The molecule has 1 amide bonds. The number of carbonyl (C=O) groups is 1. The molecule has 0 saturated heterocycles. The van der Waals surface area contributed by atoms with Gasteiger partial charge in [0, 0.05) is 18.1 Å². The highest BCUT2D eigenvalue weighted by atomic mass is 16.5. The summed E-state index contributed by atoms with van der Waals surface area (Å²) in [5, 5.41) is 0. The Balaban J connectivity index is 2.87. The number of rotatable bonds is 5. The second kappa shape index (κ2) is 5.75. The maximum atomic E-state index is 10.5. The Labute approximate surface area is 93.9 Å². The Hall–Kier alpha value is -2.04. The van der Waals surface area contributed by atoms with Crippen LogP contribution in [0.4, 0.5) is 0 Å². The van der Waals surface area contributed by atoms with Crippen LogP contribution in [0, 0.1) is 0 Å². The van der Waals surface area contributed by atoms with Crippen LogP contribution in [0.2, 0.25) is 0 Å². The number of hydrogen-bond acceptors (Lipinski definition) is 4. The summed E-state index contributed by atoms with van der Waals surface area (Å²) >= 11 is 0. The van der Waals surface area contributed by atoms with E-state index in [2.05, 4.69) is 4.98 Å². The van der Waals surface area contributed by atoms with Crippen LogP contribution >= 0.6 is 0 Å². The number of aromatic nitrogens is 1. The van der Waals surface area contributed by atoms with E-state index < -0.39 is 0 Å². The number of primary amides is 1. The Morgan fingerprint density at radius 1 is 1.44 bits per heavy atom. The third-order valence-corrected chi connectivity index (χ3v) is 1.88. The fourth-order valence-electron chi connectivity index (χ4n) is 1.14. The lowest BCUT2D eigenvalue weighted by atomic mass is 10.2. The summed E-state index contributed by atoms with van der Waals surface area (Å²) in [6, 6.07) is 3.51. The lowest BCUT2D eigenvalue weighted by molar-refractivity contribution is -0.117. The molecule has 0 saturated carbocycles. The molecule has 0 aliphatic carbocycles. The number of nitrogens with zero attached hydrogens (tertiary/aromatic N) is 1. The SMILES string of the molecule is COc1ccc(C=CCC(N)=O)c(OC)n1. The fourth-order valence-corrected chi connectivity index (χ4v) is 1.14. The van der Waals surface area contributed by atoms with Crippen molar-refractivity contribution in [1.29, 1.82) is 0 Å². The molecular formula is C11H14N2O3. The van der Waals surface area contributed by atoms with Crippen LogP contribution in [0.5, 0.6) is 11.8 Å². The molecule has 0 unspecified atom stereocenters.